The highest BCUT2D eigenvalue weighted by Crippen LogP contribution is 2.64. The minimum absolute atomic E-state index is 0.0243. The maximum Gasteiger partial charge on any atom is 0.308 e. The maximum absolute atomic E-state index is 13.2. The van der Waals surface area contributed by atoms with Gasteiger partial charge in [0.25, 0.3) is 0 Å². The van der Waals surface area contributed by atoms with E-state index in [0.29, 0.717) is 11.2 Å². The molecule has 182 valence electrons. The highest BCUT2D eigenvalue weighted by molar-refractivity contribution is 8.00. The molecule has 3 aromatic rings. The van der Waals surface area contributed by atoms with Gasteiger partial charge in [0.05, 0.1) is 5.03 Å². The first-order valence-corrected chi connectivity index (χ1v) is 14.1. The quantitative estimate of drug-likeness (QED) is 0.492. The van der Waals surface area contributed by atoms with E-state index in [0.717, 1.165) is 33.0 Å². The second-order valence-electron chi connectivity index (χ2n) is 10.5. The zero-order chi connectivity index (χ0) is 24.3. The number of nitrogens with one attached hydrogen (secondary N) is 1. The summed E-state index contributed by atoms with van der Waals surface area (Å²) >= 11 is 3.23. The number of anilines is 2. The molecule has 5 nitrogen and oxygen atoms in total. The molecule has 2 aromatic carbocycles. The largest absolute Gasteiger partial charge is 0.378 e. The van der Waals surface area contributed by atoms with Gasteiger partial charge < -0.3 is 10.2 Å². The number of amides is 1. The number of fused-ring (bicyclic) bond motifs is 6. The third-order valence-corrected chi connectivity index (χ3v) is 10.9. The van der Waals surface area contributed by atoms with Crippen molar-refractivity contribution in [1.29, 1.82) is 0 Å². The van der Waals surface area contributed by atoms with Crippen LogP contribution in [0.1, 0.15) is 41.2 Å². The van der Waals surface area contributed by atoms with Gasteiger partial charge in [-0.3, -0.25) is 14.2 Å². The van der Waals surface area contributed by atoms with Crippen molar-refractivity contribution in [3.8, 4) is 0 Å². The van der Waals surface area contributed by atoms with E-state index in [2.05, 4.69) is 48.6 Å². The van der Waals surface area contributed by atoms with Crippen LogP contribution in [-0.2, 0) is 11.3 Å². The Morgan fingerprint density at radius 1 is 1.06 bits per heavy atom. The molecule has 1 N–H and O–H groups in total. The van der Waals surface area contributed by atoms with Crippen LogP contribution in [0.15, 0.2) is 58.4 Å². The Labute approximate surface area is 214 Å². The van der Waals surface area contributed by atoms with Crippen molar-refractivity contribution in [2.75, 3.05) is 24.3 Å². The Kier molecular flexibility index (Phi) is 5.80. The summed E-state index contributed by atoms with van der Waals surface area (Å²) in [6.07, 6.45) is 3.91. The lowest BCUT2D eigenvalue weighted by atomic mass is 9.75. The highest BCUT2D eigenvalue weighted by atomic mass is 32.2. The average Bonchev–Trinajstić information content (AvgIpc) is 3.54. The predicted octanol–water partition coefficient (Wildman–Crippen LogP) is 5.58. The number of thioether (sulfide) groups is 1. The first-order valence-electron chi connectivity index (χ1n) is 12.4. The van der Waals surface area contributed by atoms with E-state index in [9.17, 15) is 9.59 Å². The molecule has 1 aromatic heterocycles. The smallest absolute Gasteiger partial charge is 0.308 e. The third-order valence-electron chi connectivity index (χ3n) is 8.10. The van der Waals surface area contributed by atoms with Crippen LogP contribution < -0.4 is 15.1 Å². The number of aromatic nitrogens is 1. The Balaban J connectivity index is 1.35. The van der Waals surface area contributed by atoms with Crippen LogP contribution in [0.2, 0.25) is 0 Å². The van der Waals surface area contributed by atoms with Gasteiger partial charge >= 0.3 is 4.87 Å². The lowest BCUT2D eigenvalue weighted by Crippen LogP contribution is -2.34. The van der Waals surface area contributed by atoms with Crippen LogP contribution in [0.3, 0.4) is 0 Å². The molecule has 6 rings (SSSR count). The average molecular weight is 506 g/mol. The topological polar surface area (TPSA) is 54.3 Å². The standard InChI is InChI=1S/C28H31N3O2S2/c1-16-4-10-20(11-5-16)29-22(32)15-31-27-26(35-28(31)33)23(17-8-12-21(13-9-17)30(2)3)24-18-6-7-19(14-18)25(24)34-27/h4-5,8-13,18-19,23-25H,6-7,14-15H2,1-3H3,(H,29,32). The maximum atomic E-state index is 13.2. The molecule has 2 saturated carbocycles. The summed E-state index contributed by atoms with van der Waals surface area (Å²) in [6, 6.07) is 16.6. The molecule has 1 amide bonds. The molecule has 2 aliphatic carbocycles. The van der Waals surface area contributed by atoms with Gasteiger partial charge in [-0.05, 0) is 73.8 Å². The zero-order valence-electron chi connectivity index (χ0n) is 20.4. The number of benzene rings is 2. The number of nitrogens with zero attached hydrogens (tertiary/aromatic N) is 2. The van der Waals surface area contributed by atoms with Gasteiger partial charge in [-0.25, -0.2) is 0 Å². The molecule has 5 unspecified atom stereocenters. The fourth-order valence-corrected chi connectivity index (χ4v) is 9.57. The van der Waals surface area contributed by atoms with Crippen molar-refractivity contribution < 1.29 is 4.79 Å². The lowest BCUT2D eigenvalue weighted by molar-refractivity contribution is -0.116. The number of hydrogen-bond acceptors (Lipinski definition) is 5. The SMILES string of the molecule is Cc1ccc(NC(=O)Cn2c3c(sc2=O)C(c2ccc(N(C)C)cc2)C2C4CCC(C4)C2S3)cc1. The number of carbonyl (C=O) groups excluding carboxylic acids is 1. The molecule has 2 bridgehead atoms. The van der Waals surface area contributed by atoms with Crippen LogP contribution in [0, 0.1) is 24.7 Å². The Hall–Kier alpha value is -2.51. The molecular weight excluding hydrogens is 474 g/mol. The van der Waals surface area contributed by atoms with E-state index in [1.54, 1.807) is 4.57 Å². The molecule has 0 saturated heterocycles. The van der Waals surface area contributed by atoms with Gasteiger partial charge in [0, 0.05) is 41.5 Å². The Morgan fingerprint density at radius 2 is 1.77 bits per heavy atom. The first kappa shape index (κ1) is 22.9. The molecule has 1 aliphatic heterocycles. The lowest BCUT2D eigenvalue weighted by Gasteiger charge is -2.40. The van der Waals surface area contributed by atoms with Gasteiger partial charge in [-0.15, -0.1) is 11.8 Å². The minimum atomic E-state index is -0.154. The van der Waals surface area contributed by atoms with Crippen LogP contribution in [-0.4, -0.2) is 29.8 Å². The van der Waals surface area contributed by atoms with Gasteiger partial charge in [-0.1, -0.05) is 41.2 Å². The normalized spacial score (nSPS) is 26.3. The summed E-state index contributed by atoms with van der Waals surface area (Å²) in [5.74, 6) is 2.11. The molecule has 2 heterocycles. The summed E-state index contributed by atoms with van der Waals surface area (Å²) in [7, 11) is 4.12. The molecule has 0 radical (unpaired) electrons. The predicted molar refractivity (Wildman–Crippen MR) is 145 cm³/mol. The Bertz CT molecular complexity index is 1310. The fourth-order valence-electron chi connectivity index (χ4n) is 6.42. The third kappa shape index (κ3) is 4.02. The summed E-state index contributed by atoms with van der Waals surface area (Å²) in [5.41, 5.74) is 4.39. The van der Waals surface area contributed by atoms with Gasteiger partial charge in [0.15, 0.2) is 0 Å². The van der Waals surface area contributed by atoms with Crippen molar-refractivity contribution in [1.82, 2.24) is 4.57 Å². The Morgan fingerprint density at radius 3 is 2.49 bits per heavy atom. The summed E-state index contributed by atoms with van der Waals surface area (Å²) < 4.78 is 1.73. The molecule has 5 atom stereocenters. The van der Waals surface area contributed by atoms with E-state index in [4.69, 9.17) is 0 Å². The van der Waals surface area contributed by atoms with E-state index < -0.39 is 0 Å². The summed E-state index contributed by atoms with van der Waals surface area (Å²) in [6.45, 7) is 2.08. The van der Waals surface area contributed by atoms with Gasteiger partial charge in [0.2, 0.25) is 5.91 Å². The van der Waals surface area contributed by atoms with Crippen molar-refractivity contribution in [3.05, 3.63) is 74.2 Å². The fraction of sp³-hybridized carbons (Fsp3) is 0.429. The van der Waals surface area contributed by atoms with E-state index in [1.165, 1.54) is 41.9 Å². The van der Waals surface area contributed by atoms with Crippen LogP contribution in [0.25, 0.3) is 0 Å². The monoisotopic (exact) mass is 505 g/mol. The first-order chi connectivity index (χ1) is 16.9. The van der Waals surface area contributed by atoms with Crippen LogP contribution in [0.4, 0.5) is 11.4 Å². The van der Waals surface area contributed by atoms with Crippen molar-refractivity contribution in [2.45, 2.75) is 48.9 Å². The van der Waals surface area contributed by atoms with Crippen LogP contribution >= 0.6 is 23.1 Å². The van der Waals surface area contributed by atoms with Crippen molar-refractivity contribution in [3.63, 3.8) is 0 Å². The summed E-state index contributed by atoms with van der Waals surface area (Å²) in [5, 5.41) is 4.52. The number of thiazole rings is 1. The number of rotatable bonds is 5. The molecular formula is C28H31N3O2S2. The zero-order valence-corrected chi connectivity index (χ0v) is 22.0. The molecule has 0 spiro atoms. The van der Waals surface area contributed by atoms with E-state index >= 15 is 0 Å². The number of hydrogen-bond donors (Lipinski definition) is 1. The van der Waals surface area contributed by atoms with Gasteiger partial charge in [0.1, 0.15) is 6.54 Å². The highest BCUT2D eigenvalue weighted by Gasteiger charge is 2.55. The molecule has 3 aliphatic rings. The molecule has 35 heavy (non-hydrogen) atoms. The van der Waals surface area contributed by atoms with Crippen molar-refractivity contribution in [2.24, 2.45) is 17.8 Å². The summed E-state index contributed by atoms with van der Waals surface area (Å²) in [4.78, 5) is 29.4. The molecule has 7 heteroatoms. The van der Waals surface area contributed by atoms with Crippen LogP contribution in [0.5, 0.6) is 0 Å². The second kappa shape index (κ2) is 8.86. The number of carbonyl (C=O) groups is 1. The van der Waals surface area contributed by atoms with Gasteiger partial charge in [-0.2, -0.15) is 0 Å². The van der Waals surface area contributed by atoms with E-state index in [1.807, 2.05) is 43.0 Å². The van der Waals surface area contributed by atoms with E-state index in [-0.39, 0.29) is 23.2 Å². The van der Waals surface area contributed by atoms with Crippen molar-refractivity contribution >= 4 is 40.4 Å². The molecule has 2 fully saturated rings. The minimum Gasteiger partial charge on any atom is -0.378 e. The number of aryl methyl sites for hydroxylation is 1. The second-order valence-corrected chi connectivity index (χ2v) is 12.7.